The molecule has 1 aromatic heterocycles. The largest absolute Gasteiger partial charge is 0.462 e. The molecule has 0 bridgehead atoms. The van der Waals surface area contributed by atoms with Gasteiger partial charge in [-0.05, 0) is 67.7 Å². The average molecular weight is 555 g/mol. The van der Waals surface area contributed by atoms with E-state index in [-0.39, 0.29) is 5.97 Å². The Labute approximate surface area is 228 Å². The number of ether oxygens (including phenoxy) is 1. The van der Waals surface area contributed by atoms with Crippen molar-refractivity contribution in [3.63, 3.8) is 0 Å². The van der Waals surface area contributed by atoms with Crippen LogP contribution >= 0.6 is 11.3 Å². The zero-order valence-corrected chi connectivity index (χ0v) is 23.3. The van der Waals surface area contributed by atoms with Crippen LogP contribution in [0.4, 0.5) is 5.13 Å². The minimum Gasteiger partial charge on any atom is -0.462 e. The number of sulfonamides is 1. The highest BCUT2D eigenvalue weighted by molar-refractivity contribution is 7.89. The number of rotatable bonds is 8. The Bertz CT molecular complexity index is 1340. The molecule has 10 heteroatoms. The van der Waals surface area contributed by atoms with E-state index in [1.165, 1.54) is 46.7 Å². The van der Waals surface area contributed by atoms with Crippen LogP contribution in [0.5, 0.6) is 0 Å². The molecule has 0 saturated carbocycles. The molecule has 8 nitrogen and oxygen atoms in total. The molecular formula is C28H34N4O4S2. The maximum atomic E-state index is 13.3. The van der Waals surface area contributed by atoms with Crippen LogP contribution in [0.15, 0.2) is 59.6 Å². The van der Waals surface area contributed by atoms with E-state index in [9.17, 15) is 13.2 Å². The van der Waals surface area contributed by atoms with Crippen molar-refractivity contribution in [2.24, 2.45) is 0 Å². The van der Waals surface area contributed by atoms with Gasteiger partial charge < -0.3 is 9.64 Å². The summed E-state index contributed by atoms with van der Waals surface area (Å²) in [5.41, 5.74) is 3.40. The van der Waals surface area contributed by atoms with Crippen LogP contribution in [0.3, 0.4) is 0 Å². The molecule has 2 aromatic carbocycles. The van der Waals surface area contributed by atoms with Crippen molar-refractivity contribution in [3.8, 4) is 11.1 Å². The fourth-order valence-corrected chi connectivity index (χ4v) is 7.30. The van der Waals surface area contributed by atoms with Gasteiger partial charge in [0.05, 0.1) is 17.7 Å². The number of thiazole rings is 1. The second-order valence-corrected chi connectivity index (χ2v) is 12.6. The molecule has 3 aromatic rings. The van der Waals surface area contributed by atoms with Crippen molar-refractivity contribution in [2.45, 2.75) is 37.6 Å². The maximum absolute atomic E-state index is 13.3. The van der Waals surface area contributed by atoms with Crippen LogP contribution in [0.1, 0.15) is 41.4 Å². The second-order valence-electron chi connectivity index (χ2n) is 9.68. The van der Waals surface area contributed by atoms with Crippen molar-refractivity contribution in [2.75, 3.05) is 50.8 Å². The Morgan fingerprint density at radius 2 is 1.68 bits per heavy atom. The van der Waals surface area contributed by atoms with Gasteiger partial charge in [0.25, 0.3) is 0 Å². The van der Waals surface area contributed by atoms with E-state index in [4.69, 9.17) is 4.74 Å². The van der Waals surface area contributed by atoms with Gasteiger partial charge in [0.15, 0.2) is 5.13 Å². The Morgan fingerprint density at radius 1 is 0.947 bits per heavy atom. The summed E-state index contributed by atoms with van der Waals surface area (Å²) in [4.78, 5) is 21.5. The third-order valence-corrected chi connectivity index (χ3v) is 10.0. The minimum atomic E-state index is -3.60. The van der Waals surface area contributed by atoms with Crippen LogP contribution < -0.4 is 4.90 Å². The molecule has 0 unspecified atom stereocenters. The number of nitrogens with zero attached hydrogens (tertiary/aromatic N) is 4. The van der Waals surface area contributed by atoms with Crippen molar-refractivity contribution >= 4 is 32.5 Å². The number of hydrogen-bond donors (Lipinski definition) is 0. The molecule has 0 radical (unpaired) electrons. The van der Waals surface area contributed by atoms with E-state index < -0.39 is 10.0 Å². The summed E-state index contributed by atoms with van der Waals surface area (Å²) in [5.74, 6) is -0.380. The third kappa shape index (κ3) is 6.09. The Kier molecular flexibility index (Phi) is 8.42. The van der Waals surface area contributed by atoms with Crippen molar-refractivity contribution < 1.29 is 17.9 Å². The standard InChI is InChI=1S/C28H34N4O4S2/c1-2-36-27(33)26-20-29-28(37-26)31-15-17-32(18-16-31)38(34,35)25-11-9-23(10-12-25)24-8-6-7-22(19-24)21-30-13-4-3-5-14-30/h6-12,19-20H,2-5,13-18,21H2,1H3. The van der Waals surface area contributed by atoms with Gasteiger partial charge in [0, 0.05) is 32.7 Å². The van der Waals surface area contributed by atoms with Crippen molar-refractivity contribution in [3.05, 3.63) is 65.2 Å². The zero-order valence-electron chi connectivity index (χ0n) is 21.7. The van der Waals surface area contributed by atoms with E-state index in [0.717, 1.165) is 30.8 Å². The topological polar surface area (TPSA) is 83.0 Å². The number of carbonyl (C=O) groups is 1. The summed E-state index contributed by atoms with van der Waals surface area (Å²) < 4.78 is 33.3. The highest BCUT2D eigenvalue weighted by atomic mass is 32.2. The summed E-state index contributed by atoms with van der Waals surface area (Å²) in [6, 6.07) is 15.8. The average Bonchev–Trinajstić information content (AvgIpc) is 3.45. The Morgan fingerprint density at radius 3 is 2.39 bits per heavy atom. The van der Waals surface area contributed by atoms with Crippen molar-refractivity contribution in [1.29, 1.82) is 0 Å². The second kappa shape index (κ2) is 11.9. The molecule has 2 fully saturated rings. The lowest BCUT2D eigenvalue weighted by atomic mass is 10.0. The Hall–Kier alpha value is -2.79. The summed E-state index contributed by atoms with van der Waals surface area (Å²) in [6.45, 7) is 7.09. The van der Waals surface area contributed by atoms with Gasteiger partial charge in [0.1, 0.15) is 4.88 Å². The van der Waals surface area contributed by atoms with Crippen LogP contribution in [-0.4, -0.2) is 74.5 Å². The van der Waals surface area contributed by atoms with Gasteiger partial charge in [-0.15, -0.1) is 0 Å². The number of hydrogen-bond acceptors (Lipinski definition) is 8. The van der Waals surface area contributed by atoms with E-state index in [1.807, 2.05) is 17.0 Å². The number of piperidine rings is 1. The first-order valence-corrected chi connectivity index (χ1v) is 15.5. The van der Waals surface area contributed by atoms with E-state index in [2.05, 4.69) is 34.1 Å². The number of esters is 1. The first kappa shape index (κ1) is 26.8. The number of piperazine rings is 1. The predicted molar refractivity (Wildman–Crippen MR) is 150 cm³/mol. The molecule has 38 heavy (non-hydrogen) atoms. The molecule has 2 aliphatic rings. The van der Waals surface area contributed by atoms with Gasteiger partial charge in [-0.25, -0.2) is 18.2 Å². The molecule has 0 atom stereocenters. The minimum absolute atomic E-state index is 0.304. The quantitative estimate of drug-likeness (QED) is 0.380. The molecule has 2 aliphatic heterocycles. The molecule has 0 N–H and O–H groups in total. The number of anilines is 1. The highest BCUT2D eigenvalue weighted by Crippen LogP contribution is 2.28. The predicted octanol–water partition coefficient (Wildman–Crippen LogP) is 4.48. The van der Waals surface area contributed by atoms with Crippen LogP contribution in [0.2, 0.25) is 0 Å². The lowest BCUT2D eigenvalue weighted by Gasteiger charge is -2.33. The van der Waals surface area contributed by atoms with E-state index in [1.54, 1.807) is 19.1 Å². The fraction of sp³-hybridized carbons (Fsp3) is 0.429. The summed E-state index contributed by atoms with van der Waals surface area (Å²) in [7, 11) is -3.60. The molecule has 202 valence electrons. The van der Waals surface area contributed by atoms with Gasteiger partial charge in [-0.3, -0.25) is 4.90 Å². The van der Waals surface area contributed by atoms with Crippen LogP contribution in [0, 0.1) is 0 Å². The molecule has 0 amide bonds. The van der Waals surface area contributed by atoms with Crippen molar-refractivity contribution in [1.82, 2.24) is 14.2 Å². The molecule has 0 aliphatic carbocycles. The molecule has 5 rings (SSSR count). The Balaban J connectivity index is 1.21. The summed E-state index contributed by atoms with van der Waals surface area (Å²) in [5, 5.41) is 0.706. The molecule has 3 heterocycles. The maximum Gasteiger partial charge on any atom is 0.350 e. The van der Waals surface area contributed by atoms with Gasteiger partial charge in [-0.1, -0.05) is 48.1 Å². The normalized spacial score (nSPS) is 17.4. The van der Waals surface area contributed by atoms with E-state index in [0.29, 0.717) is 47.7 Å². The van der Waals surface area contributed by atoms with Gasteiger partial charge in [-0.2, -0.15) is 4.31 Å². The number of benzene rings is 2. The lowest BCUT2D eigenvalue weighted by molar-refractivity contribution is 0.0532. The number of carbonyl (C=O) groups excluding carboxylic acids is 1. The monoisotopic (exact) mass is 554 g/mol. The van der Waals surface area contributed by atoms with Gasteiger partial charge >= 0.3 is 5.97 Å². The van der Waals surface area contributed by atoms with Crippen LogP contribution in [-0.2, 0) is 21.3 Å². The third-order valence-electron chi connectivity index (χ3n) is 7.09. The molecular weight excluding hydrogens is 520 g/mol. The SMILES string of the molecule is CCOC(=O)c1cnc(N2CCN(S(=O)(=O)c3ccc(-c4cccc(CN5CCCCC5)c4)cc3)CC2)s1. The fourth-order valence-electron chi connectivity index (χ4n) is 5.02. The highest BCUT2D eigenvalue weighted by Gasteiger charge is 2.29. The molecule has 2 saturated heterocycles. The number of aromatic nitrogens is 1. The number of likely N-dealkylation sites (tertiary alicyclic amines) is 1. The summed E-state index contributed by atoms with van der Waals surface area (Å²) in [6.07, 6.45) is 5.38. The smallest absolute Gasteiger partial charge is 0.350 e. The summed E-state index contributed by atoms with van der Waals surface area (Å²) >= 11 is 1.27. The van der Waals surface area contributed by atoms with Gasteiger partial charge in [0.2, 0.25) is 10.0 Å². The molecule has 0 spiro atoms. The van der Waals surface area contributed by atoms with E-state index >= 15 is 0 Å². The lowest BCUT2D eigenvalue weighted by Crippen LogP contribution is -2.48. The first-order valence-electron chi connectivity index (χ1n) is 13.2. The zero-order chi connectivity index (χ0) is 26.5. The first-order chi connectivity index (χ1) is 18.4. The van der Waals surface area contributed by atoms with Crippen LogP contribution in [0.25, 0.3) is 11.1 Å².